The lowest BCUT2D eigenvalue weighted by Crippen LogP contribution is -1.78. The van der Waals surface area contributed by atoms with Gasteiger partial charge in [0, 0.05) is 0 Å². The third kappa shape index (κ3) is 3.82. The number of allylic oxidation sites excluding steroid dienone is 7. The van der Waals surface area contributed by atoms with Gasteiger partial charge < -0.3 is 0 Å². The summed E-state index contributed by atoms with van der Waals surface area (Å²) in [6.45, 7) is 5.66. The van der Waals surface area contributed by atoms with Crippen LogP contribution in [-0.4, -0.2) is 0 Å². The number of rotatable bonds is 4. The van der Waals surface area contributed by atoms with Crippen molar-refractivity contribution < 1.29 is 0 Å². The molecule has 0 aliphatic heterocycles. The number of hydrogen-bond donors (Lipinski definition) is 0. The zero-order valence-corrected chi connectivity index (χ0v) is 9.06. The van der Waals surface area contributed by atoms with Gasteiger partial charge in [-0.15, -0.1) is 0 Å². The summed E-state index contributed by atoms with van der Waals surface area (Å²) in [6.07, 6.45) is 11.9. The van der Waals surface area contributed by atoms with E-state index in [9.17, 15) is 0 Å². The van der Waals surface area contributed by atoms with E-state index < -0.39 is 0 Å². The molecular weight excluding hydrogens is 180 g/mol. The van der Waals surface area contributed by atoms with Crippen LogP contribution in [0.3, 0.4) is 0 Å². The van der Waals surface area contributed by atoms with Crippen molar-refractivity contribution in [2.45, 2.75) is 6.92 Å². The largest absolute Gasteiger partial charge is 0.0991 e. The van der Waals surface area contributed by atoms with Crippen molar-refractivity contribution in [3.63, 3.8) is 0 Å². The molecule has 0 heteroatoms. The average molecular weight is 196 g/mol. The molecule has 0 saturated carbocycles. The highest BCUT2D eigenvalue weighted by Gasteiger charge is 1.93. The average Bonchev–Trinajstić information content (AvgIpc) is 2.29. The molecule has 1 aromatic rings. The van der Waals surface area contributed by atoms with Gasteiger partial charge in [-0.3, -0.25) is 0 Å². The van der Waals surface area contributed by atoms with Crippen LogP contribution in [-0.2, 0) is 0 Å². The van der Waals surface area contributed by atoms with E-state index in [-0.39, 0.29) is 0 Å². The maximum absolute atomic E-state index is 3.64. The van der Waals surface area contributed by atoms with E-state index in [1.807, 2.05) is 43.4 Å². The molecule has 1 rings (SSSR count). The molecule has 0 aromatic heterocycles. The minimum Gasteiger partial charge on any atom is -0.0991 e. The van der Waals surface area contributed by atoms with Crippen molar-refractivity contribution in [2.75, 3.05) is 0 Å². The summed E-state index contributed by atoms with van der Waals surface area (Å²) < 4.78 is 0. The second-order valence-electron chi connectivity index (χ2n) is 3.11. The fourth-order valence-corrected chi connectivity index (χ4v) is 1.30. The van der Waals surface area contributed by atoms with E-state index in [2.05, 4.69) is 30.9 Å². The predicted octanol–water partition coefficient (Wildman–Crippen LogP) is 4.39. The lowest BCUT2D eigenvalue weighted by molar-refractivity contribution is 1.60. The molecule has 0 aliphatic carbocycles. The van der Waals surface area contributed by atoms with Gasteiger partial charge >= 0.3 is 0 Å². The van der Waals surface area contributed by atoms with Crippen LogP contribution >= 0.6 is 0 Å². The molecule has 0 nitrogen and oxygen atoms in total. The van der Waals surface area contributed by atoms with E-state index in [0.29, 0.717) is 0 Å². The molecule has 0 radical (unpaired) electrons. The van der Waals surface area contributed by atoms with Crippen LogP contribution in [0.4, 0.5) is 0 Å². The predicted molar refractivity (Wildman–Crippen MR) is 68.6 cm³/mol. The SMILES string of the molecule is C=C/C=C/C=C(\C=C/C)c1ccccc1. The number of hydrogen-bond acceptors (Lipinski definition) is 0. The minimum absolute atomic E-state index is 1.20. The molecule has 0 N–H and O–H groups in total. The Labute approximate surface area is 92.0 Å². The first-order chi connectivity index (χ1) is 7.38. The van der Waals surface area contributed by atoms with Crippen molar-refractivity contribution in [3.8, 4) is 0 Å². The maximum Gasteiger partial charge on any atom is -0.0184 e. The Morgan fingerprint density at radius 1 is 1.13 bits per heavy atom. The Bertz CT molecular complexity index is 378. The molecule has 1 aromatic carbocycles. The summed E-state index contributed by atoms with van der Waals surface area (Å²) in [7, 11) is 0. The van der Waals surface area contributed by atoms with Gasteiger partial charge in [0.05, 0.1) is 0 Å². The fourth-order valence-electron chi connectivity index (χ4n) is 1.30. The van der Waals surface area contributed by atoms with E-state index in [4.69, 9.17) is 0 Å². The molecule has 0 atom stereocenters. The second-order valence-corrected chi connectivity index (χ2v) is 3.11. The Morgan fingerprint density at radius 3 is 2.47 bits per heavy atom. The lowest BCUT2D eigenvalue weighted by Gasteiger charge is -2.00. The summed E-state index contributed by atoms with van der Waals surface area (Å²) in [5.41, 5.74) is 2.43. The van der Waals surface area contributed by atoms with Crippen LogP contribution < -0.4 is 0 Å². The summed E-state index contributed by atoms with van der Waals surface area (Å²) in [4.78, 5) is 0. The molecule has 0 spiro atoms. The molecule has 0 saturated heterocycles. The fraction of sp³-hybridized carbons (Fsp3) is 0.0667. The van der Waals surface area contributed by atoms with Gasteiger partial charge in [0.15, 0.2) is 0 Å². The van der Waals surface area contributed by atoms with Crippen molar-refractivity contribution in [1.29, 1.82) is 0 Å². The zero-order valence-electron chi connectivity index (χ0n) is 9.06. The smallest absolute Gasteiger partial charge is 0.0184 e. The van der Waals surface area contributed by atoms with Gasteiger partial charge in [-0.1, -0.05) is 73.4 Å². The van der Waals surface area contributed by atoms with Gasteiger partial charge in [-0.25, -0.2) is 0 Å². The van der Waals surface area contributed by atoms with Crippen LogP contribution in [0.25, 0.3) is 5.57 Å². The van der Waals surface area contributed by atoms with Gasteiger partial charge in [0.25, 0.3) is 0 Å². The lowest BCUT2D eigenvalue weighted by atomic mass is 10.1. The van der Waals surface area contributed by atoms with Crippen molar-refractivity contribution in [3.05, 3.63) is 78.9 Å². The van der Waals surface area contributed by atoms with E-state index in [1.54, 1.807) is 6.08 Å². The molecule has 0 unspecified atom stereocenters. The van der Waals surface area contributed by atoms with Crippen molar-refractivity contribution in [2.24, 2.45) is 0 Å². The first-order valence-corrected chi connectivity index (χ1v) is 5.06. The highest BCUT2D eigenvalue weighted by atomic mass is 14.0. The highest BCUT2D eigenvalue weighted by molar-refractivity contribution is 5.75. The Balaban J connectivity index is 2.98. The van der Waals surface area contributed by atoms with E-state index in [0.717, 1.165) is 0 Å². The molecule has 0 amide bonds. The summed E-state index contributed by atoms with van der Waals surface area (Å²) >= 11 is 0. The highest BCUT2D eigenvalue weighted by Crippen LogP contribution is 2.15. The minimum atomic E-state index is 1.20. The van der Waals surface area contributed by atoms with Crippen LogP contribution in [0.5, 0.6) is 0 Å². The Hall–Kier alpha value is -1.82. The molecule has 0 fully saturated rings. The molecule has 0 bridgehead atoms. The zero-order chi connectivity index (χ0) is 10.9. The first-order valence-electron chi connectivity index (χ1n) is 5.06. The van der Waals surface area contributed by atoms with Gasteiger partial charge in [0.2, 0.25) is 0 Å². The monoisotopic (exact) mass is 196 g/mol. The molecule has 0 heterocycles. The third-order valence-corrected chi connectivity index (χ3v) is 1.98. The normalized spacial score (nSPS) is 12.5. The van der Waals surface area contributed by atoms with Crippen LogP contribution in [0.2, 0.25) is 0 Å². The maximum atomic E-state index is 3.64. The van der Waals surface area contributed by atoms with Crippen LogP contribution in [0, 0.1) is 0 Å². The second kappa shape index (κ2) is 6.61. The van der Waals surface area contributed by atoms with Crippen LogP contribution in [0.1, 0.15) is 12.5 Å². The topological polar surface area (TPSA) is 0 Å². The Kier molecular flexibility index (Phi) is 4.96. The van der Waals surface area contributed by atoms with Crippen LogP contribution in [0.15, 0.2) is 73.4 Å². The first kappa shape index (κ1) is 11.3. The van der Waals surface area contributed by atoms with Gasteiger partial charge in [-0.05, 0) is 18.1 Å². The van der Waals surface area contributed by atoms with Gasteiger partial charge in [0.1, 0.15) is 0 Å². The molecule has 15 heavy (non-hydrogen) atoms. The Morgan fingerprint density at radius 2 is 1.87 bits per heavy atom. The summed E-state index contributed by atoms with van der Waals surface area (Å²) in [5.74, 6) is 0. The quantitative estimate of drug-likeness (QED) is 0.626. The summed E-state index contributed by atoms with van der Waals surface area (Å²) in [5, 5.41) is 0. The standard InChI is InChI=1S/C15H16/c1-3-5-7-11-14(10-4-2)15-12-8-6-9-13-15/h3-13H,1H2,2H3/b7-5+,10-4-,14-11+. The molecular formula is C15H16. The van der Waals surface area contributed by atoms with Crippen molar-refractivity contribution in [1.82, 2.24) is 0 Å². The molecule has 0 aliphatic rings. The third-order valence-electron chi connectivity index (χ3n) is 1.98. The number of benzene rings is 1. The summed E-state index contributed by atoms with van der Waals surface area (Å²) in [6, 6.07) is 10.3. The van der Waals surface area contributed by atoms with E-state index >= 15 is 0 Å². The van der Waals surface area contributed by atoms with Crippen molar-refractivity contribution >= 4 is 5.57 Å². The molecule has 76 valence electrons. The van der Waals surface area contributed by atoms with Gasteiger partial charge in [-0.2, -0.15) is 0 Å². The van der Waals surface area contributed by atoms with E-state index in [1.165, 1.54) is 11.1 Å².